The van der Waals surface area contributed by atoms with E-state index in [1.165, 1.54) is 6.20 Å². The molecule has 9 heteroatoms. The van der Waals surface area contributed by atoms with Crippen molar-refractivity contribution in [3.63, 3.8) is 0 Å². The number of hydrogen-bond donors (Lipinski definition) is 3. The molecule has 0 fully saturated rings. The first-order chi connectivity index (χ1) is 14.1. The number of H-pyrrole nitrogens is 2. The molecule has 3 heterocycles. The maximum absolute atomic E-state index is 12.9. The summed E-state index contributed by atoms with van der Waals surface area (Å²) in [6.45, 7) is 1.82. The molecule has 9 nitrogen and oxygen atoms in total. The second-order valence-electron chi connectivity index (χ2n) is 6.57. The van der Waals surface area contributed by atoms with Crippen LogP contribution in [0.5, 0.6) is 0 Å². The molecule has 142 valence electrons. The van der Waals surface area contributed by atoms with Crippen molar-refractivity contribution in [2.75, 3.05) is 5.32 Å². The molecule has 0 radical (unpaired) electrons. The van der Waals surface area contributed by atoms with Crippen LogP contribution in [-0.4, -0.2) is 35.7 Å². The zero-order chi connectivity index (χ0) is 20.0. The first-order valence-electron chi connectivity index (χ1n) is 8.90. The highest BCUT2D eigenvalue weighted by Crippen LogP contribution is 2.21. The van der Waals surface area contributed by atoms with Crippen molar-refractivity contribution in [3.8, 4) is 11.4 Å². The third-order valence-corrected chi connectivity index (χ3v) is 4.60. The lowest BCUT2D eigenvalue weighted by molar-refractivity contribution is 0.102. The lowest BCUT2D eigenvalue weighted by Crippen LogP contribution is -2.15. The maximum Gasteiger partial charge on any atom is 0.261 e. The fourth-order valence-corrected chi connectivity index (χ4v) is 3.25. The number of nitrogens with one attached hydrogen (secondary N) is 3. The van der Waals surface area contributed by atoms with Gasteiger partial charge >= 0.3 is 0 Å². The third-order valence-electron chi connectivity index (χ3n) is 4.60. The van der Waals surface area contributed by atoms with Gasteiger partial charge in [-0.1, -0.05) is 24.3 Å². The first kappa shape index (κ1) is 16.9. The van der Waals surface area contributed by atoms with Crippen molar-refractivity contribution in [1.82, 2.24) is 29.8 Å². The van der Waals surface area contributed by atoms with Crippen LogP contribution in [0.25, 0.3) is 27.9 Å². The molecular weight excluding hydrogens is 370 g/mol. The summed E-state index contributed by atoms with van der Waals surface area (Å²) < 4.78 is 1.55. The minimum atomic E-state index is -0.380. The number of benzene rings is 2. The van der Waals surface area contributed by atoms with Crippen molar-refractivity contribution in [3.05, 3.63) is 76.5 Å². The van der Waals surface area contributed by atoms with Gasteiger partial charge in [0.25, 0.3) is 11.5 Å². The van der Waals surface area contributed by atoms with Gasteiger partial charge in [0.2, 0.25) is 0 Å². The molecule has 0 saturated carbocycles. The molecule has 0 aliphatic carbocycles. The van der Waals surface area contributed by atoms with Crippen molar-refractivity contribution in [2.24, 2.45) is 0 Å². The predicted molar refractivity (Wildman–Crippen MR) is 108 cm³/mol. The highest BCUT2D eigenvalue weighted by Gasteiger charge is 2.16. The van der Waals surface area contributed by atoms with Crippen LogP contribution in [-0.2, 0) is 0 Å². The number of nitrogens with zero attached hydrogens (tertiary/aromatic N) is 4. The van der Waals surface area contributed by atoms with Crippen molar-refractivity contribution in [1.29, 1.82) is 0 Å². The lowest BCUT2D eigenvalue weighted by Gasteiger charge is -2.06. The minimum absolute atomic E-state index is 0.270. The average Bonchev–Trinajstić information content (AvgIpc) is 3.35. The average molecular weight is 385 g/mol. The quantitative estimate of drug-likeness (QED) is 0.441. The zero-order valence-corrected chi connectivity index (χ0v) is 15.3. The molecule has 0 saturated heterocycles. The van der Waals surface area contributed by atoms with Crippen LogP contribution in [0.3, 0.4) is 0 Å². The Morgan fingerprint density at radius 2 is 2.00 bits per heavy atom. The van der Waals surface area contributed by atoms with Gasteiger partial charge in [0.15, 0.2) is 5.82 Å². The molecule has 0 bridgehead atoms. The summed E-state index contributed by atoms with van der Waals surface area (Å²) in [5.74, 6) is 0.872. The summed E-state index contributed by atoms with van der Waals surface area (Å²) in [5.41, 5.74) is 2.32. The van der Waals surface area contributed by atoms with Gasteiger partial charge in [-0.2, -0.15) is 10.2 Å². The number of carbonyl (C=O) groups is 1. The minimum Gasteiger partial charge on any atom is -0.322 e. The van der Waals surface area contributed by atoms with Crippen LogP contribution < -0.4 is 10.9 Å². The number of anilines is 1. The fraction of sp³-hybridized carbons (Fsp3) is 0.0500. The number of hydrogen-bond acceptors (Lipinski definition) is 5. The van der Waals surface area contributed by atoms with Crippen LogP contribution in [0.2, 0.25) is 0 Å². The summed E-state index contributed by atoms with van der Waals surface area (Å²) in [4.78, 5) is 32.3. The molecule has 3 N–H and O–H groups in total. The Balaban J connectivity index is 1.52. The van der Waals surface area contributed by atoms with Gasteiger partial charge in [-0.3, -0.25) is 14.7 Å². The van der Waals surface area contributed by atoms with Gasteiger partial charge in [0, 0.05) is 11.3 Å². The molecule has 0 atom stereocenters. The van der Waals surface area contributed by atoms with E-state index >= 15 is 0 Å². The number of para-hydroxylation sites is 1. The third kappa shape index (κ3) is 2.85. The molecule has 0 unspecified atom stereocenters. The van der Waals surface area contributed by atoms with E-state index in [2.05, 4.69) is 30.6 Å². The number of aryl methyl sites for hydroxylation is 1. The molecule has 0 aliphatic heterocycles. The van der Waals surface area contributed by atoms with Gasteiger partial charge in [-0.15, -0.1) is 0 Å². The van der Waals surface area contributed by atoms with Crippen LogP contribution in [0.4, 0.5) is 5.69 Å². The lowest BCUT2D eigenvalue weighted by atomic mass is 10.2. The molecule has 2 aromatic carbocycles. The summed E-state index contributed by atoms with van der Waals surface area (Å²) >= 11 is 0. The van der Waals surface area contributed by atoms with E-state index in [-0.39, 0.29) is 17.0 Å². The Hall–Kier alpha value is -4.27. The van der Waals surface area contributed by atoms with Gasteiger partial charge < -0.3 is 10.3 Å². The van der Waals surface area contributed by atoms with E-state index in [1.807, 2.05) is 25.1 Å². The van der Waals surface area contributed by atoms with E-state index in [0.29, 0.717) is 33.9 Å². The van der Waals surface area contributed by atoms with Crippen molar-refractivity contribution < 1.29 is 4.79 Å². The number of amides is 1. The molecular formula is C20H15N7O2. The normalized spacial score (nSPS) is 11.2. The van der Waals surface area contributed by atoms with Crippen LogP contribution in [0.15, 0.2) is 59.5 Å². The van der Waals surface area contributed by atoms with E-state index < -0.39 is 0 Å². The van der Waals surface area contributed by atoms with E-state index in [0.717, 1.165) is 5.56 Å². The number of fused-ring (bicyclic) bond motifs is 3. The molecule has 1 amide bonds. The highest BCUT2D eigenvalue weighted by molar-refractivity contribution is 6.08. The zero-order valence-electron chi connectivity index (χ0n) is 15.3. The van der Waals surface area contributed by atoms with Gasteiger partial charge in [0.1, 0.15) is 17.0 Å². The van der Waals surface area contributed by atoms with Gasteiger partial charge in [0.05, 0.1) is 17.1 Å². The van der Waals surface area contributed by atoms with Crippen LogP contribution in [0, 0.1) is 6.92 Å². The van der Waals surface area contributed by atoms with E-state index in [9.17, 15) is 9.59 Å². The Morgan fingerprint density at radius 3 is 2.83 bits per heavy atom. The Kier molecular flexibility index (Phi) is 3.73. The summed E-state index contributed by atoms with van der Waals surface area (Å²) in [7, 11) is 0. The molecule has 29 heavy (non-hydrogen) atoms. The molecule has 5 aromatic rings. The largest absolute Gasteiger partial charge is 0.322 e. The predicted octanol–water partition coefficient (Wildman–Crippen LogP) is 2.52. The maximum atomic E-state index is 12.9. The van der Waals surface area contributed by atoms with Crippen LogP contribution in [0.1, 0.15) is 16.2 Å². The Morgan fingerprint density at radius 1 is 1.14 bits per heavy atom. The van der Waals surface area contributed by atoms with E-state index in [1.54, 1.807) is 34.8 Å². The van der Waals surface area contributed by atoms with Crippen molar-refractivity contribution >= 4 is 28.1 Å². The summed E-state index contributed by atoms with van der Waals surface area (Å²) in [5, 5.41) is 14.6. The van der Waals surface area contributed by atoms with Crippen LogP contribution >= 0.6 is 0 Å². The summed E-state index contributed by atoms with van der Waals surface area (Å²) in [6, 6.07) is 14.3. The second kappa shape index (κ2) is 6.41. The highest BCUT2D eigenvalue weighted by atomic mass is 16.2. The fourth-order valence-electron chi connectivity index (χ4n) is 3.25. The molecule has 0 aliphatic rings. The Labute approximate surface area is 163 Å². The van der Waals surface area contributed by atoms with Gasteiger partial charge in [-0.05, 0) is 31.2 Å². The number of aromatic nitrogens is 6. The number of aromatic amines is 2. The van der Waals surface area contributed by atoms with E-state index in [4.69, 9.17) is 0 Å². The second-order valence-corrected chi connectivity index (χ2v) is 6.57. The topological polar surface area (TPSA) is 121 Å². The molecule has 0 spiro atoms. The van der Waals surface area contributed by atoms with Crippen molar-refractivity contribution in [2.45, 2.75) is 6.92 Å². The standard InChI is InChI=1S/C20H15N7O2/c1-11-22-17(26-25-11)12-5-4-6-13(9-12)23-20(29)15-10-21-27-16-8-3-2-7-14(16)19(28)24-18(15)27/h2-10H,1H3,(H,23,29)(H,24,28)(H,22,25,26). The first-order valence-corrected chi connectivity index (χ1v) is 8.90. The SMILES string of the molecule is Cc1nc(-c2cccc(NC(=O)c3cnn4c3[nH]c(=O)c3ccccc34)c2)n[nH]1. The Bertz CT molecular complexity index is 1440. The number of carbonyl (C=O) groups excluding carboxylic acids is 1. The smallest absolute Gasteiger partial charge is 0.261 e. The monoisotopic (exact) mass is 385 g/mol. The summed E-state index contributed by atoms with van der Waals surface area (Å²) in [6.07, 6.45) is 1.44. The number of rotatable bonds is 3. The molecule has 5 rings (SSSR count). The van der Waals surface area contributed by atoms with Gasteiger partial charge in [-0.25, -0.2) is 9.50 Å². The molecule has 3 aromatic heterocycles.